The van der Waals surface area contributed by atoms with Crippen molar-refractivity contribution >= 4 is 20.3 Å². The standard InChI is InChI=1S/C18H31NO4Si/c1-9-11-14(23-24(6,7)8)13(10-2)16(20)19-15(18(3,4)5)12-22-17(19)21/h9-11,13-15H,2,12H2,1,3-8H3/b11-9+/t13-,14+,15+/m0/s1. The maximum atomic E-state index is 13.1. The van der Waals surface area contributed by atoms with E-state index in [9.17, 15) is 9.59 Å². The Labute approximate surface area is 146 Å². The molecule has 0 aliphatic carbocycles. The van der Waals surface area contributed by atoms with Crippen LogP contribution >= 0.6 is 0 Å². The maximum absolute atomic E-state index is 13.1. The summed E-state index contributed by atoms with van der Waals surface area (Å²) in [6.07, 6.45) is 4.27. The van der Waals surface area contributed by atoms with Gasteiger partial charge >= 0.3 is 6.09 Å². The average Bonchev–Trinajstić information content (AvgIpc) is 2.79. The third-order valence-electron chi connectivity index (χ3n) is 3.87. The molecule has 0 aromatic heterocycles. The number of cyclic esters (lactones) is 1. The maximum Gasteiger partial charge on any atom is 0.417 e. The van der Waals surface area contributed by atoms with E-state index in [2.05, 4.69) is 26.2 Å². The predicted octanol–water partition coefficient (Wildman–Crippen LogP) is 3.98. The molecule has 0 saturated carbocycles. The number of amides is 2. The molecule has 6 heteroatoms. The Morgan fingerprint density at radius 1 is 1.42 bits per heavy atom. The molecule has 1 fully saturated rings. The highest BCUT2D eigenvalue weighted by Gasteiger charge is 2.46. The minimum Gasteiger partial charge on any atom is -0.447 e. The van der Waals surface area contributed by atoms with E-state index < -0.39 is 26.4 Å². The van der Waals surface area contributed by atoms with E-state index in [0.29, 0.717) is 0 Å². The second-order valence-corrected chi connectivity index (χ2v) is 12.6. The molecule has 2 amide bonds. The number of carbonyl (C=O) groups is 2. The number of allylic oxidation sites excluding steroid dienone is 1. The fraction of sp³-hybridized carbons (Fsp3) is 0.667. The van der Waals surface area contributed by atoms with Gasteiger partial charge in [-0.3, -0.25) is 4.79 Å². The van der Waals surface area contributed by atoms with Gasteiger partial charge < -0.3 is 9.16 Å². The third-order valence-corrected chi connectivity index (χ3v) is 4.85. The summed E-state index contributed by atoms with van der Waals surface area (Å²) in [5.41, 5.74) is -0.261. The molecule has 1 aliphatic rings. The number of nitrogens with zero attached hydrogens (tertiary/aromatic N) is 1. The molecule has 1 aliphatic heterocycles. The van der Waals surface area contributed by atoms with Gasteiger partial charge in [-0.05, 0) is 32.0 Å². The lowest BCUT2D eigenvalue weighted by Gasteiger charge is -2.35. The summed E-state index contributed by atoms with van der Waals surface area (Å²) in [6.45, 7) is 18.1. The van der Waals surface area contributed by atoms with Gasteiger partial charge in [0, 0.05) is 0 Å². The molecular weight excluding hydrogens is 322 g/mol. The summed E-state index contributed by atoms with van der Waals surface area (Å²) in [4.78, 5) is 26.5. The summed E-state index contributed by atoms with van der Waals surface area (Å²) >= 11 is 0. The summed E-state index contributed by atoms with van der Waals surface area (Å²) in [7, 11) is -1.88. The van der Waals surface area contributed by atoms with Crippen LogP contribution in [-0.4, -0.2) is 44.0 Å². The van der Waals surface area contributed by atoms with Gasteiger partial charge in [-0.15, -0.1) is 6.58 Å². The lowest BCUT2D eigenvalue weighted by molar-refractivity contribution is -0.135. The minimum absolute atomic E-state index is 0.223. The molecule has 0 aromatic carbocycles. The van der Waals surface area contributed by atoms with Gasteiger partial charge in [0.25, 0.3) is 0 Å². The Bertz CT molecular complexity index is 516. The van der Waals surface area contributed by atoms with Gasteiger partial charge in [0.1, 0.15) is 6.61 Å². The van der Waals surface area contributed by atoms with Crippen molar-refractivity contribution in [1.82, 2.24) is 4.90 Å². The average molecular weight is 354 g/mol. The summed E-state index contributed by atoms with van der Waals surface area (Å²) in [6, 6.07) is -0.293. The minimum atomic E-state index is -1.88. The second-order valence-electron chi connectivity index (χ2n) is 8.15. The normalized spacial score (nSPS) is 21.7. The zero-order chi connectivity index (χ0) is 18.7. The van der Waals surface area contributed by atoms with Crippen molar-refractivity contribution in [2.24, 2.45) is 11.3 Å². The zero-order valence-corrected chi connectivity index (χ0v) is 17.0. The fourth-order valence-electron chi connectivity index (χ4n) is 2.67. The quantitative estimate of drug-likeness (QED) is 0.535. The van der Waals surface area contributed by atoms with Crippen molar-refractivity contribution in [1.29, 1.82) is 0 Å². The molecule has 0 unspecified atom stereocenters. The first-order valence-electron chi connectivity index (χ1n) is 8.35. The van der Waals surface area contributed by atoms with E-state index in [-0.39, 0.29) is 24.0 Å². The molecule has 0 spiro atoms. The second kappa shape index (κ2) is 7.65. The van der Waals surface area contributed by atoms with Crippen molar-refractivity contribution < 1.29 is 18.8 Å². The molecule has 1 heterocycles. The highest BCUT2D eigenvalue weighted by molar-refractivity contribution is 6.69. The highest BCUT2D eigenvalue weighted by Crippen LogP contribution is 2.32. The van der Waals surface area contributed by atoms with Crippen molar-refractivity contribution in [3.05, 3.63) is 24.8 Å². The molecule has 1 rings (SSSR count). The van der Waals surface area contributed by atoms with Crippen LogP contribution in [0.2, 0.25) is 19.6 Å². The van der Waals surface area contributed by atoms with Gasteiger partial charge in [0.2, 0.25) is 5.91 Å². The first-order valence-corrected chi connectivity index (χ1v) is 11.8. The van der Waals surface area contributed by atoms with Crippen LogP contribution in [-0.2, 0) is 14.0 Å². The number of carbonyl (C=O) groups excluding carboxylic acids is 2. The van der Waals surface area contributed by atoms with Gasteiger partial charge in [-0.1, -0.05) is 39.0 Å². The Hall–Kier alpha value is -1.40. The SMILES string of the molecule is C=C[C@H](C(=O)N1C(=O)OC[C@@H]1C(C)(C)C)[C@@H](/C=C/C)O[Si](C)(C)C. The molecule has 3 atom stereocenters. The zero-order valence-electron chi connectivity index (χ0n) is 16.0. The van der Waals surface area contributed by atoms with E-state index in [0.717, 1.165) is 0 Å². The summed E-state index contributed by atoms with van der Waals surface area (Å²) in [5, 5.41) is 0. The molecule has 0 radical (unpaired) electrons. The monoisotopic (exact) mass is 353 g/mol. The smallest absolute Gasteiger partial charge is 0.417 e. The van der Waals surface area contributed by atoms with E-state index in [4.69, 9.17) is 9.16 Å². The first kappa shape index (κ1) is 20.6. The molecule has 1 saturated heterocycles. The Morgan fingerprint density at radius 2 is 2.00 bits per heavy atom. The number of ether oxygens (including phenoxy) is 1. The fourth-order valence-corrected chi connectivity index (χ4v) is 3.71. The lowest BCUT2D eigenvalue weighted by atomic mass is 9.86. The van der Waals surface area contributed by atoms with Crippen LogP contribution in [0, 0.1) is 11.3 Å². The number of hydrogen-bond donors (Lipinski definition) is 0. The van der Waals surface area contributed by atoms with Crippen LogP contribution < -0.4 is 0 Å². The van der Waals surface area contributed by atoms with Crippen LogP contribution in [0.4, 0.5) is 4.79 Å². The van der Waals surface area contributed by atoms with Crippen LogP contribution in [0.15, 0.2) is 24.8 Å². The van der Waals surface area contributed by atoms with Gasteiger partial charge in [0.15, 0.2) is 8.32 Å². The molecule has 24 heavy (non-hydrogen) atoms. The Kier molecular flexibility index (Phi) is 6.58. The first-order chi connectivity index (χ1) is 10.9. The molecule has 0 bridgehead atoms. The van der Waals surface area contributed by atoms with Gasteiger partial charge in [-0.2, -0.15) is 0 Å². The number of rotatable bonds is 6. The van der Waals surface area contributed by atoms with E-state index in [1.54, 1.807) is 6.08 Å². The third kappa shape index (κ3) is 5.04. The van der Waals surface area contributed by atoms with Crippen LogP contribution in [0.3, 0.4) is 0 Å². The largest absolute Gasteiger partial charge is 0.447 e. The number of imide groups is 1. The van der Waals surface area contributed by atoms with Crippen molar-refractivity contribution in [2.75, 3.05) is 6.61 Å². The topological polar surface area (TPSA) is 55.8 Å². The summed E-state index contributed by atoms with van der Waals surface area (Å²) in [5.74, 6) is -0.933. The van der Waals surface area contributed by atoms with Crippen LogP contribution in [0.25, 0.3) is 0 Å². The predicted molar refractivity (Wildman–Crippen MR) is 98.2 cm³/mol. The molecule has 5 nitrogen and oxygen atoms in total. The molecule has 0 N–H and O–H groups in total. The lowest BCUT2D eigenvalue weighted by Crippen LogP contribution is -2.50. The molecule has 0 aromatic rings. The Balaban J connectivity index is 3.14. The van der Waals surface area contributed by atoms with Crippen molar-refractivity contribution in [3.8, 4) is 0 Å². The van der Waals surface area contributed by atoms with E-state index >= 15 is 0 Å². The molecule has 136 valence electrons. The van der Waals surface area contributed by atoms with Crippen molar-refractivity contribution in [2.45, 2.75) is 59.5 Å². The van der Waals surface area contributed by atoms with Crippen molar-refractivity contribution in [3.63, 3.8) is 0 Å². The molecular formula is C18H31NO4Si. The number of hydrogen-bond acceptors (Lipinski definition) is 4. The van der Waals surface area contributed by atoms with Gasteiger partial charge in [0.05, 0.1) is 18.1 Å². The van der Waals surface area contributed by atoms with E-state index in [1.807, 2.05) is 39.8 Å². The van der Waals surface area contributed by atoms with E-state index in [1.165, 1.54) is 4.90 Å². The Morgan fingerprint density at radius 3 is 2.42 bits per heavy atom. The van der Waals surface area contributed by atoms with Crippen LogP contribution in [0.5, 0.6) is 0 Å². The summed E-state index contributed by atoms with van der Waals surface area (Å²) < 4.78 is 11.3. The highest BCUT2D eigenvalue weighted by atomic mass is 28.4. The van der Waals surface area contributed by atoms with Gasteiger partial charge in [-0.25, -0.2) is 9.69 Å². The van der Waals surface area contributed by atoms with Crippen LogP contribution in [0.1, 0.15) is 27.7 Å².